The number of ether oxygens (including phenoxy) is 3. The van der Waals surface area contributed by atoms with Gasteiger partial charge in [0.05, 0.1) is 22.7 Å². The number of H-pyrrole nitrogens is 1. The Balaban J connectivity index is 1.24. The number of carboxylic acids is 1. The molecule has 9 N–H and O–H groups in total. The van der Waals surface area contributed by atoms with Crippen molar-refractivity contribution in [2.75, 3.05) is 13.7 Å². The smallest absolute Gasteiger partial charge is 0.327 e. The number of carbonyl (C=O) groups is 2. The molecule has 0 unspecified atom stereocenters. The third kappa shape index (κ3) is 8.04. The first-order valence-electron chi connectivity index (χ1n) is 18.7. The van der Waals surface area contributed by atoms with Gasteiger partial charge in [-0.2, -0.15) is 4.73 Å². The first-order chi connectivity index (χ1) is 28.6. The van der Waals surface area contributed by atoms with Gasteiger partial charge in [0.2, 0.25) is 18.7 Å². The van der Waals surface area contributed by atoms with Crippen LogP contribution in [0.2, 0.25) is 0 Å². The summed E-state index contributed by atoms with van der Waals surface area (Å²) >= 11 is 0. The quantitative estimate of drug-likeness (QED) is 0.0431. The Morgan fingerprint density at radius 3 is 2.38 bits per heavy atom. The number of aromatic nitrogens is 2. The number of rotatable bonds is 14. The van der Waals surface area contributed by atoms with Crippen molar-refractivity contribution in [3.05, 3.63) is 107 Å². The van der Waals surface area contributed by atoms with E-state index in [1.165, 1.54) is 41.3 Å². The maximum Gasteiger partial charge on any atom is 0.327 e. The number of carboxylic acid groups (broad SMARTS) is 1. The molecule has 1 fully saturated rings. The van der Waals surface area contributed by atoms with Crippen LogP contribution < -0.4 is 20.3 Å². The third-order valence-corrected chi connectivity index (χ3v) is 10.4. The van der Waals surface area contributed by atoms with Gasteiger partial charge in [0.1, 0.15) is 47.0 Å². The number of fused-ring (bicyclic) bond motifs is 2. The Morgan fingerprint density at radius 2 is 1.72 bits per heavy atom. The zero-order valence-electron chi connectivity index (χ0n) is 32.4. The molecular weight excluding hydrogens is 786 g/mol. The summed E-state index contributed by atoms with van der Waals surface area (Å²) < 4.78 is 24.4. The molecule has 0 amide bonds. The fourth-order valence-electron chi connectivity index (χ4n) is 7.39. The van der Waals surface area contributed by atoms with Crippen molar-refractivity contribution in [3.8, 4) is 33.9 Å². The van der Waals surface area contributed by atoms with E-state index in [1.807, 2.05) is 32.0 Å². The molecule has 4 heterocycles. The van der Waals surface area contributed by atoms with Crippen molar-refractivity contribution in [1.29, 1.82) is 0 Å². The van der Waals surface area contributed by atoms with E-state index in [9.17, 15) is 50.1 Å². The highest BCUT2D eigenvalue weighted by Crippen LogP contribution is 2.34. The van der Waals surface area contributed by atoms with E-state index in [1.54, 1.807) is 30.6 Å². The molecule has 1 aliphatic heterocycles. The van der Waals surface area contributed by atoms with E-state index in [-0.39, 0.29) is 28.0 Å². The first-order valence-corrected chi connectivity index (χ1v) is 18.7. The average Bonchev–Trinajstić information content (AvgIpc) is 3.79. The minimum absolute atomic E-state index is 0.00128. The number of aliphatic hydroxyl groups excluding tert-OH is 4. The van der Waals surface area contributed by atoms with Crippen LogP contribution in [0.5, 0.6) is 11.5 Å². The fraction of sp³-hybridized carbons (Fsp3) is 0.310. The molecule has 0 aliphatic carbocycles. The van der Waals surface area contributed by atoms with Crippen molar-refractivity contribution in [3.63, 3.8) is 0 Å². The van der Waals surface area contributed by atoms with Crippen molar-refractivity contribution in [1.82, 2.24) is 15.0 Å². The van der Waals surface area contributed by atoms with Crippen molar-refractivity contribution in [2.24, 2.45) is 5.92 Å². The number of carbonyl (C=O) groups excluding carboxylic acids is 1. The second kappa shape index (κ2) is 16.8. The summed E-state index contributed by atoms with van der Waals surface area (Å²) in [5, 5.41) is 77.2. The summed E-state index contributed by atoms with van der Waals surface area (Å²) in [6.07, 6.45) is -7.85. The van der Waals surface area contributed by atoms with Crippen LogP contribution in [0.1, 0.15) is 17.5 Å². The number of nitrogens with zero attached hydrogens (tertiary/aromatic N) is 1. The molecule has 8 atom stereocenters. The maximum absolute atomic E-state index is 13.5. The Kier molecular flexibility index (Phi) is 11.7. The molecule has 1 aliphatic rings. The Hall–Kier alpha value is -6.25. The molecule has 18 nitrogen and oxygen atoms in total. The predicted octanol–water partition coefficient (Wildman–Crippen LogP) is 1.91. The molecule has 0 saturated carbocycles. The van der Waals surface area contributed by atoms with Crippen LogP contribution in [-0.2, 0) is 19.1 Å². The van der Waals surface area contributed by atoms with Gasteiger partial charge in [0.25, 0.3) is 0 Å². The van der Waals surface area contributed by atoms with Crippen LogP contribution in [0, 0.1) is 19.8 Å². The second-order valence-electron chi connectivity index (χ2n) is 14.6. The van der Waals surface area contributed by atoms with Crippen LogP contribution in [0.3, 0.4) is 0 Å². The number of aliphatic carboxylic acids is 1. The second-order valence-corrected chi connectivity index (χ2v) is 14.6. The van der Waals surface area contributed by atoms with Crippen LogP contribution in [-0.4, -0.2) is 114 Å². The number of aromatic amines is 1. The number of hydrogen-bond acceptors (Lipinski definition) is 15. The molecule has 316 valence electrons. The van der Waals surface area contributed by atoms with E-state index >= 15 is 0 Å². The molecule has 0 spiro atoms. The molecule has 3 aromatic heterocycles. The SMILES string of the molecule is CN[C@](O)(CCO)[C@@H](C(=O)O)C(=O)O[C@H](O)[C@@H]1O[C@H](Oc2ccc3c(=O)c(-c4ccc(O)cc4)coc3c2)[C@@H](On2cc3cc[nH]c3c2-c2cc(C)cc(C)c2)[C@H](O)[C@H]1O. The lowest BCUT2D eigenvalue weighted by Gasteiger charge is -2.43. The van der Waals surface area contributed by atoms with Gasteiger partial charge in [-0.1, -0.05) is 29.3 Å². The van der Waals surface area contributed by atoms with E-state index < -0.39 is 79.0 Å². The number of phenolic OH excluding ortho intramolecular Hbond substituents is 1. The molecule has 60 heavy (non-hydrogen) atoms. The van der Waals surface area contributed by atoms with Crippen LogP contribution in [0.4, 0.5) is 0 Å². The van der Waals surface area contributed by atoms with Gasteiger partial charge in [-0.25, -0.2) is 0 Å². The number of benzene rings is 3. The van der Waals surface area contributed by atoms with Crippen molar-refractivity contribution in [2.45, 2.75) is 63.0 Å². The number of aryl methyl sites for hydroxylation is 2. The zero-order chi connectivity index (χ0) is 43.0. The summed E-state index contributed by atoms with van der Waals surface area (Å²) in [5.41, 5.74) is 1.75. The average molecular weight is 830 g/mol. The Bertz CT molecular complexity index is 2560. The number of aromatic hydroxyl groups is 1. The lowest BCUT2D eigenvalue weighted by molar-refractivity contribution is -0.319. The normalized spacial score (nSPS) is 21.3. The highest BCUT2D eigenvalue weighted by atomic mass is 16.8. The summed E-state index contributed by atoms with van der Waals surface area (Å²) in [5.74, 6) is -5.89. The summed E-state index contributed by atoms with van der Waals surface area (Å²) in [6, 6.07) is 17.8. The van der Waals surface area contributed by atoms with E-state index in [2.05, 4.69) is 10.3 Å². The van der Waals surface area contributed by atoms with Gasteiger partial charge >= 0.3 is 11.9 Å². The Labute approximate surface area is 340 Å². The zero-order valence-corrected chi connectivity index (χ0v) is 32.4. The van der Waals surface area contributed by atoms with Crippen LogP contribution in [0.15, 0.2) is 94.6 Å². The van der Waals surface area contributed by atoms with Gasteiger partial charge in [-0.15, -0.1) is 0 Å². The minimum Gasteiger partial charge on any atom is -0.508 e. The van der Waals surface area contributed by atoms with Gasteiger partial charge in [0, 0.05) is 36.2 Å². The number of aliphatic hydroxyl groups is 5. The van der Waals surface area contributed by atoms with Gasteiger partial charge in [-0.05, 0) is 68.9 Å². The highest BCUT2D eigenvalue weighted by molar-refractivity contribution is 5.95. The van der Waals surface area contributed by atoms with Crippen molar-refractivity contribution >= 4 is 33.8 Å². The lowest BCUT2D eigenvalue weighted by Crippen LogP contribution is -2.65. The van der Waals surface area contributed by atoms with Gasteiger partial charge in [0.15, 0.2) is 17.5 Å². The monoisotopic (exact) mass is 829 g/mol. The number of nitrogens with one attached hydrogen (secondary N) is 2. The van der Waals surface area contributed by atoms with E-state index in [0.29, 0.717) is 16.8 Å². The standard InChI is InChI=1S/C42H43N3O15/c1-20-14-21(2)16-24(15-20)32-31-23(10-12-44-31)18-45(32)60-37-35(50)34(49)36(40(54)59-39(53)30(38(51)52)42(55,43-3)11-13-46)58-41(37)57-26-8-9-27-29(17-26)56-19-28(33(27)48)22-4-6-25(47)7-5-22/h4-10,12,14-19,30,34-37,40-41,43-44,46-47,49-50,54-55H,11,13H2,1-3H3,(H,51,52)/t30-,34+,35+,36+,37-,40-,41-,42-/m0/s1. The molecule has 6 aromatic rings. The number of phenols is 1. The predicted molar refractivity (Wildman–Crippen MR) is 211 cm³/mol. The molecule has 0 radical (unpaired) electrons. The fourth-order valence-corrected chi connectivity index (χ4v) is 7.39. The molecule has 1 saturated heterocycles. The summed E-state index contributed by atoms with van der Waals surface area (Å²) in [6.45, 7) is 3.13. The van der Waals surface area contributed by atoms with Crippen LogP contribution in [0.25, 0.3) is 44.3 Å². The molecule has 18 heteroatoms. The maximum atomic E-state index is 13.5. The minimum atomic E-state index is -2.52. The molecular formula is C42H43N3O15. The highest BCUT2D eigenvalue weighted by Gasteiger charge is 2.53. The van der Waals surface area contributed by atoms with Gasteiger partial charge in [-0.3, -0.25) is 19.7 Å². The van der Waals surface area contributed by atoms with Crippen LogP contribution >= 0.6 is 0 Å². The first kappa shape index (κ1) is 41.9. The Morgan fingerprint density at radius 1 is 1.00 bits per heavy atom. The third-order valence-electron chi connectivity index (χ3n) is 10.4. The number of esters is 1. The summed E-state index contributed by atoms with van der Waals surface area (Å²) in [7, 11) is 1.14. The molecule has 7 rings (SSSR count). The van der Waals surface area contributed by atoms with E-state index in [0.717, 1.165) is 29.1 Å². The topological polar surface area (TPSA) is 276 Å². The van der Waals surface area contributed by atoms with Gasteiger partial charge < -0.3 is 64.2 Å². The molecule has 3 aromatic carbocycles. The molecule has 0 bridgehead atoms. The largest absolute Gasteiger partial charge is 0.508 e. The lowest BCUT2D eigenvalue weighted by atomic mass is 9.92. The summed E-state index contributed by atoms with van der Waals surface area (Å²) in [4.78, 5) is 48.4. The number of hydrogen-bond donors (Lipinski definition) is 9. The van der Waals surface area contributed by atoms with E-state index in [4.69, 9.17) is 23.5 Å². The van der Waals surface area contributed by atoms with Crippen molar-refractivity contribution < 1.29 is 68.8 Å².